The summed E-state index contributed by atoms with van der Waals surface area (Å²) < 4.78 is 0.876. The molecule has 0 radical (unpaired) electrons. The van der Waals surface area contributed by atoms with Crippen molar-refractivity contribution in [3.05, 3.63) is 11.1 Å². The number of allylic oxidation sites excluding steroid dienone is 2. The Morgan fingerprint density at radius 3 is 2.20 bits per heavy atom. The maximum absolute atomic E-state index is 2.57. The molecule has 2 atom stereocenters. The molecule has 0 nitrogen and oxygen atoms in total. The lowest BCUT2D eigenvalue weighted by Gasteiger charge is -2.26. The van der Waals surface area contributed by atoms with Gasteiger partial charge in [0.25, 0.3) is 0 Å². The Balaban J connectivity index is 2.69. The zero-order valence-corrected chi connectivity index (χ0v) is 9.10. The average Bonchev–Trinajstić information content (AvgIpc) is 1.84. The second-order valence-electron chi connectivity index (χ2n) is 3.46. The molecule has 2 unspecified atom stereocenters. The van der Waals surface area contributed by atoms with E-state index < -0.39 is 0 Å². The third-order valence-corrected chi connectivity index (χ3v) is 4.14. The first-order valence-electron chi connectivity index (χ1n) is 3.90. The molecule has 0 heterocycles. The summed E-state index contributed by atoms with van der Waals surface area (Å²) in [7, 11) is 0. The first kappa shape index (κ1) is 8.57. The van der Waals surface area contributed by atoms with Crippen LogP contribution in [0.2, 0.25) is 0 Å². The molecule has 0 spiro atoms. The molecule has 0 fully saturated rings. The van der Waals surface area contributed by atoms with E-state index in [9.17, 15) is 0 Å². The van der Waals surface area contributed by atoms with Crippen molar-refractivity contribution in [2.45, 2.75) is 37.5 Å². The minimum Gasteiger partial charge on any atom is -0.0820 e. The van der Waals surface area contributed by atoms with Crippen molar-refractivity contribution in [1.82, 2.24) is 0 Å². The van der Waals surface area contributed by atoms with Crippen molar-refractivity contribution in [2.24, 2.45) is 5.92 Å². The molecule has 10 heavy (non-hydrogen) atoms. The Bertz CT molecular complexity index is 140. The largest absolute Gasteiger partial charge is 0.0820 e. The van der Waals surface area contributed by atoms with Gasteiger partial charge in [0.1, 0.15) is 0 Å². The third-order valence-electron chi connectivity index (χ3n) is 2.48. The van der Waals surface area contributed by atoms with Gasteiger partial charge in [-0.05, 0) is 32.6 Å². The lowest BCUT2D eigenvalue weighted by atomic mass is 9.86. The maximum Gasteiger partial charge on any atom is 0.0175 e. The molecule has 0 N–H and O–H groups in total. The quantitative estimate of drug-likeness (QED) is 0.350. The molecule has 1 rings (SSSR count). The average molecular weight is 250 g/mol. The standard InChI is InChI=1S/C9H15I/c1-6-4-8(3)9(10)5-7(6)2/h8-9H,4-5H2,1-3H3. The Kier molecular flexibility index (Phi) is 2.78. The summed E-state index contributed by atoms with van der Waals surface area (Å²) in [6, 6.07) is 0. The highest BCUT2D eigenvalue weighted by molar-refractivity contribution is 14.1. The van der Waals surface area contributed by atoms with Gasteiger partial charge in [0.2, 0.25) is 0 Å². The Morgan fingerprint density at radius 1 is 1.20 bits per heavy atom. The molecule has 1 aliphatic carbocycles. The van der Waals surface area contributed by atoms with Gasteiger partial charge >= 0.3 is 0 Å². The van der Waals surface area contributed by atoms with Gasteiger partial charge in [-0.3, -0.25) is 0 Å². The van der Waals surface area contributed by atoms with Crippen LogP contribution in [-0.4, -0.2) is 3.92 Å². The molecule has 0 amide bonds. The molecule has 58 valence electrons. The molecule has 0 aliphatic heterocycles. The van der Waals surface area contributed by atoms with Gasteiger partial charge in [-0.1, -0.05) is 40.7 Å². The molecule has 0 saturated carbocycles. The summed E-state index contributed by atoms with van der Waals surface area (Å²) in [5.41, 5.74) is 3.25. The van der Waals surface area contributed by atoms with Crippen LogP contribution < -0.4 is 0 Å². The van der Waals surface area contributed by atoms with E-state index in [4.69, 9.17) is 0 Å². The summed E-state index contributed by atoms with van der Waals surface area (Å²) in [4.78, 5) is 0. The van der Waals surface area contributed by atoms with Crippen molar-refractivity contribution in [1.29, 1.82) is 0 Å². The van der Waals surface area contributed by atoms with E-state index in [1.807, 2.05) is 0 Å². The summed E-state index contributed by atoms with van der Waals surface area (Å²) in [5.74, 6) is 0.893. The van der Waals surface area contributed by atoms with Gasteiger partial charge in [-0.15, -0.1) is 0 Å². The van der Waals surface area contributed by atoms with E-state index in [-0.39, 0.29) is 0 Å². The van der Waals surface area contributed by atoms with Crippen molar-refractivity contribution >= 4 is 22.6 Å². The fraction of sp³-hybridized carbons (Fsp3) is 0.778. The van der Waals surface area contributed by atoms with Crippen molar-refractivity contribution in [3.8, 4) is 0 Å². The number of hydrogen-bond donors (Lipinski definition) is 0. The highest BCUT2D eigenvalue weighted by Crippen LogP contribution is 2.33. The van der Waals surface area contributed by atoms with Crippen molar-refractivity contribution < 1.29 is 0 Å². The van der Waals surface area contributed by atoms with Crippen LogP contribution in [0, 0.1) is 5.92 Å². The monoisotopic (exact) mass is 250 g/mol. The molecule has 0 aromatic heterocycles. The van der Waals surface area contributed by atoms with Crippen LogP contribution in [0.4, 0.5) is 0 Å². The smallest absolute Gasteiger partial charge is 0.0175 e. The molecule has 0 aromatic carbocycles. The lowest BCUT2D eigenvalue weighted by molar-refractivity contribution is 0.526. The summed E-state index contributed by atoms with van der Waals surface area (Å²) in [5, 5.41) is 0. The second kappa shape index (κ2) is 3.24. The Labute approximate surface area is 77.2 Å². The minimum absolute atomic E-state index is 0.876. The van der Waals surface area contributed by atoms with Gasteiger partial charge in [0.15, 0.2) is 0 Å². The van der Waals surface area contributed by atoms with E-state index >= 15 is 0 Å². The maximum atomic E-state index is 2.57. The fourth-order valence-corrected chi connectivity index (χ4v) is 2.37. The van der Waals surface area contributed by atoms with Gasteiger partial charge < -0.3 is 0 Å². The third kappa shape index (κ3) is 1.74. The summed E-state index contributed by atoms with van der Waals surface area (Å²) in [6.07, 6.45) is 2.63. The normalized spacial score (nSPS) is 34.8. The predicted octanol–water partition coefficient (Wildman–Crippen LogP) is 3.56. The minimum atomic E-state index is 0.876. The van der Waals surface area contributed by atoms with E-state index in [1.54, 1.807) is 11.1 Å². The van der Waals surface area contributed by atoms with Crippen LogP contribution in [0.3, 0.4) is 0 Å². The molecular weight excluding hydrogens is 235 g/mol. The molecule has 1 heteroatoms. The van der Waals surface area contributed by atoms with Crippen LogP contribution in [-0.2, 0) is 0 Å². The van der Waals surface area contributed by atoms with Gasteiger partial charge in [-0.25, -0.2) is 0 Å². The number of hydrogen-bond acceptors (Lipinski definition) is 0. The Morgan fingerprint density at radius 2 is 1.70 bits per heavy atom. The lowest BCUT2D eigenvalue weighted by Crippen LogP contribution is -2.17. The van der Waals surface area contributed by atoms with Gasteiger partial charge in [0, 0.05) is 3.92 Å². The number of rotatable bonds is 0. The van der Waals surface area contributed by atoms with E-state index in [0.29, 0.717) is 0 Å². The summed E-state index contributed by atoms with van der Waals surface area (Å²) >= 11 is 2.57. The molecule has 0 saturated heterocycles. The molecule has 0 aromatic rings. The van der Waals surface area contributed by atoms with Crippen LogP contribution in [0.25, 0.3) is 0 Å². The molecule has 0 bridgehead atoms. The second-order valence-corrected chi connectivity index (χ2v) is 5.06. The number of alkyl halides is 1. The van der Waals surface area contributed by atoms with Crippen LogP contribution >= 0.6 is 22.6 Å². The first-order chi connectivity index (χ1) is 4.61. The zero-order valence-electron chi connectivity index (χ0n) is 6.95. The van der Waals surface area contributed by atoms with Crippen LogP contribution in [0.1, 0.15) is 33.6 Å². The highest BCUT2D eigenvalue weighted by atomic mass is 127. The van der Waals surface area contributed by atoms with Crippen LogP contribution in [0.5, 0.6) is 0 Å². The van der Waals surface area contributed by atoms with Crippen LogP contribution in [0.15, 0.2) is 11.1 Å². The predicted molar refractivity (Wildman–Crippen MR) is 54.6 cm³/mol. The fourth-order valence-electron chi connectivity index (χ4n) is 1.45. The topological polar surface area (TPSA) is 0 Å². The zero-order chi connectivity index (χ0) is 7.72. The van der Waals surface area contributed by atoms with E-state index in [2.05, 4.69) is 43.4 Å². The Hall–Kier alpha value is 0.470. The highest BCUT2D eigenvalue weighted by Gasteiger charge is 2.20. The SMILES string of the molecule is CC1=C(C)CC(I)C(C)C1. The van der Waals surface area contributed by atoms with E-state index in [1.165, 1.54) is 12.8 Å². The molecule has 1 aliphatic rings. The van der Waals surface area contributed by atoms with Crippen molar-refractivity contribution in [2.75, 3.05) is 0 Å². The first-order valence-corrected chi connectivity index (χ1v) is 5.15. The van der Waals surface area contributed by atoms with E-state index in [0.717, 1.165) is 9.84 Å². The molecular formula is C9H15I. The van der Waals surface area contributed by atoms with Gasteiger partial charge in [0.05, 0.1) is 0 Å². The number of halogens is 1. The van der Waals surface area contributed by atoms with Crippen molar-refractivity contribution in [3.63, 3.8) is 0 Å². The van der Waals surface area contributed by atoms with Gasteiger partial charge in [-0.2, -0.15) is 0 Å². The summed E-state index contributed by atoms with van der Waals surface area (Å²) in [6.45, 7) is 6.90.